The second-order valence-electron chi connectivity index (χ2n) is 13.3. The summed E-state index contributed by atoms with van der Waals surface area (Å²) in [5, 5.41) is 12.7. The summed E-state index contributed by atoms with van der Waals surface area (Å²) in [6.45, 7) is 5.68. The van der Waals surface area contributed by atoms with Crippen LogP contribution in [0.5, 0.6) is 0 Å². The molecule has 0 atom stereocenters. The van der Waals surface area contributed by atoms with E-state index in [1.165, 1.54) is 49.7 Å². The van der Waals surface area contributed by atoms with Gasteiger partial charge in [-0.1, -0.05) is 152 Å². The molecule has 0 aliphatic rings. The van der Waals surface area contributed by atoms with Gasteiger partial charge < -0.3 is 0 Å². The first-order valence-corrected chi connectivity index (χ1v) is 18.1. The van der Waals surface area contributed by atoms with Crippen LogP contribution in [0.1, 0.15) is 16.7 Å². The Labute approximate surface area is 320 Å². The third kappa shape index (κ3) is 7.59. The number of aryl methyl sites for hydroxylation is 1. The van der Waals surface area contributed by atoms with Crippen LogP contribution in [-0.2, 0) is 0 Å². The molecular weight excluding hydrogens is 671 g/mol. The zero-order chi connectivity index (χ0) is 37.6. The Bertz CT molecular complexity index is 2840. The predicted molar refractivity (Wildman–Crippen MR) is 231 cm³/mol. The molecule has 7 aromatic carbocycles. The predicted octanol–water partition coefficient (Wildman–Crippen LogP) is 12.4. The average Bonchev–Trinajstić information content (AvgIpc) is 3.25. The van der Waals surface area contributed by atoms with Crippen molar-refractivity contribution in [2.24, 2.45) is 9.98 Å². The molecule has 55 heavy (non-hydrogen) atoms. The third-order valence-corrected chi connectivity index (χ3v) is 9.62. The minimum Gasteiger partial charge on any atom is -0.282 e. The minimum atomic E-state index is 0.182. The fourth-order valence-corrected chi connectivity index (χ4v) is 6.88. The van der Waals surface area contributed by atoms with Crippen molar-refractivity contribution >= 4 is 51.0 Å². The van der Waals surface area contributed by atoms with Gasteiger partial charge in [-0.2, -0.15) is 0 Å². The van der Waals surface area contributed by atoms with Crippen molar-refractivity contribution < 1.29 is 0 Å². The molecule has 9 aromatic rings. The molecule has 0 fully saturated rings. The fourth-order valence-electron chi connectivity index (χ4n) is 6.88. The zero-order valence-corrected chi connectivity index (χ0v) is 30.4. The number of benzene rings is 7. The molecule has 5 nitrogen and oxygen atoms in total. The molecule has 1 N–H and O–H groups in total. The van der Waals surface area contributed by atoms with E-state index < -0.39 is 0 Å². The molecule has 0 saturated heterocycles. The number of pyridine rings is 2. The lowest BCUT2D eigenvalue weighted by molar-refractivity contribution is 1.37. The highest BCUT2D eigenvalue weighted by Gasteiger charge is 2.10. The maximum atomic E-state index is 7.94. The molecule has 2 heterocycles. The van der Waals surface area contributed by atoms with Crippen molar-refractivity contribution in [3.05, 3.63) is 205 Å². The van der Waals surface area contributed by atoms with E-state index in [0.717, 1.165) is 32.9 Å². The van der Waals surface area contributed by atoms with Gasteiger partial charge in [0, 0.05) is 34.3 Å². The van der Waals surface area contributed by atoms with Crippen LogP contribution in [0.15, 0.2) is 198 Å². The number of fused-ring (bicyclic) bond motifs is 4. The number of rotatable bonds is 5. The molecule has 262 valence electrons. The number of nitrogens with zero attached hydrogens (tertiary/aromatic N) is 4. The topological polar surface area (TPSA) is 74.3 Å². The molecule has 9 rings (SSSR count). The van der Waals surface area contributed by atoms with Gasteiger partial charge in [-0.3, -0.25) is 15.4 Å². The molecule has 0 aliphatic carbocycles. The van der Waals surface area contributed by atoms with Crippen LogP contribution in [0.25, 0.3) is 66.0 Å². The molecular formula is C50H37N5. The maximum Gasteiger partial charge on any atom is 0.161 e. The number of aromatic nitrogens is 2. The standard InChI is InChI=1S/C35H24N2.C15H13N3/c1-23-19-30(22-31(20-23)29-13-10-24-5-2-3-6-28(24)21-29)25-8-11-26(12-9-25)32-16-18-37-35-33(32)15-14-27-7-4-17-36-34(27)35;1-17-15(13-10-6-3-7-11-13)18-14(16)12-8-4-2-5-9-12/h2-22H,1H3;2-11,16H,1H2. The Morgan fingerprint density at radius 2 is 1.09 bits per heavy atom. The number of amidine groups is 2. The molecule has 0 aliphatic heterocycles. The maximum absolute atomic E-state index is 7.94. The van der Waals surface area contributed by atoms with Crippen LogP contribution in [-0.4, -0.2) is 28.4 Å². The van der Waals surface area contributed by atoms with Gasteiger partial charge in [0.25, 0.3) is 0 Å². The van der Waals surface area contributed by atoms with Crippen molar-refractivity contribution in [3.63, 3.8) is 0 Å². The first-order chi connectivity index (χ1) is 27.0. The van der Waals surface area contributed by atoms with Crippen molar-refractivity contribution in [2.45, 2.75) is 6.92 Å². The highest BCUT2D eigenvalue weighted by Crippen LogP contribution is 2.34. The van der Waals surface area contributed by atoms with E-state index in [1.54, 1.807) is 0 Å². The van der Waals surface area contributed by atoms with E-state index in [4.69, 9.17) is 5.41 Å². The smallest absolute Gasteiger partial charge is 0.161 e. The summed E-state index contributed by atoms with van der Waals surface area (Å²) < 4.78 is 0. The van der Waals surface area contributed by atoms with Gasteiger partial charge in [0.2, 0.25) is 0 Å². The van der Waals surface area contributed by atoms with Gasteiger partial charge in [0.05, 0.1) is 11.0 Å². The van der Waals surface area contributed by atoms with Crippen LogP contribution in [0.4, 0.5) is 0 Å². The van der Waals surface area contributed by atoms with Crippen LogP contribution in [0.2, 0.25) is 0 Å². The highest BCUT2D eigenvalue weighted by molar-refractivity contribution is 6.11. The fraction of sp³-hybridized carbons (Fsp3) is 0.0200. The van der Waals surface area contributed by atoms with E-state index in [1.807, 2.05) is 79.1 Å². The molecule has 0 spiro atoms. The van der Waals surface area contributed by atoms with Crippen LogP contribution in [0.3, 0.4) is 0 Å². The van der Waals surface area contributed by atoms with Crippen molar-refractivity contribution in [3.8, 4) is 33.4 Å². The Morgan fingerprint density at radius 3 is 1.84 bits per heavy atom. The summed E-state index contributed by atoms with van der Waals surface area (Å²) in [6, 6.07) is 60.2. The highest BCUT2D eigenvalue weighted by atomic mass is 14.9. The van der Waals surface area contributed by atoms with Crippen molar-refractivity contribution in [1.82, 2.24) is 9.97 Å². The molecule has 2 aromatic heterocycles. The van der Waals surface area contributed by atoms with E-state index in [0.29, 0.717) is 5.84 Å². The molecule has 0 saturated carbocycles. The second kappa shape index (κ2) is 15.7. The van der Waals surface area contributed by atoms with Crippen molar-refractivity contribution in [2.75, 3.05) is 0 Å². The van der Waals surface area contributed by atoms with Crippen molar-refractivity contribution in [1.29, 1.82) is 5.41 Å². The monoisotopic (exact) mass is 707 g/mol. The largest absolute Gasteiger partial charge is 0.282 e. The lowest BCUT2D eigenvalue weighted by Gasteiger charge is -2.11. The first-order valence-electron chi connectivity index (χ1n) is 18.1. The molecule has 5 heteroatoms. The normalized spacial score (nSPS) is 11.3. The zero-order valence-electron chi connectivity index (χ0n) is 30.4. The van der Waals surface area contributed by atoms with Gasteiger partial charge >= 0.3 is 0 Å². The number of nitrogens with one attached hydrogen (secondary N) is 1. The Kier molecular flexibility index (Phi) is 9.91. The molecule has 0 unspecified atom stereocenters. The summed E-state index contributed by atoms with van der Waals surface area (Å²) in [5.41, 5.74) is 12.0. The Balaban J connectivity index is 0.000000200. The van der Waals surface area contributed by atoms with Crippen LogP contribution in [0, 0.1) is 12.3 Å². The van der Waals surface area contributed by atoms with E-state index in [-0.39, 0.29) is 5.84 Å². The number of hydrogen-bond acceptors (Lipinski definition) is 3. The van der Waals surface area contributed by atoms with Gasteiger partial charge in [-0.15, -0.1) is 0 Å². The molecule has 0 radical (unpaired) electrons. The SMILES string of the molecule is C=NC(=NC(=N)c1ccccc1)c1ccccc1.Cc1cc(-c2ccc(-c3ccnc4c3ccc3cccnc34)cc2)cc(-c2ccc3ccccc3c2)c1. The van der Waals surface area contributed by atoms with Gasteiger partial charge in [0.1, 0.15) is 0 Å². The van der Waals surface area contributed by atoms with Gasteiger partial charge in [-0.05, 0) is 87.6 Å². The summed E-state index contributed by atoms with van der Waals surface area (Å²) in [7, 11) is 0. The minimum absolute atomic E-state index is 0.182. The van der Waals surface area contributed by atoms with Gasteiger partial charge in [0.15, 0.2) is 11.7 Å². The second-order valence-corrected chi connectivity index (χ2v) is 13.3. The van der Waals surface area contributed by atoms with E-state index in [2.05, 4.69) is 143 Å². The average molecular weight is 708 g/mol. The summed E-state index contributed by atoms with van der Waals surface area (Å²) >= 11 is 0. The lowest BCUT2D eigenvalue weighted by Crippen LogP contribution is -2.03. The van der Waals surface area contributed by atoms with Crippen LogP contribution >= 0.6 is 0 Å². The molecule has 0 bridgehead atoms. The first kappa shape index (κ1) is 34.7. The summed E-state index contributed by atoms with van der Waals surface area (Å²) in [5.74, 6) is 0.645. The van der Waals surface area contributed by atoms with E-state index in [9.17, 15) is 0 Å². The van der Waals surface area contributed by atoms with Gasteiger partial charge in [-0.25, -0.2) is 9.98 Å². The van der Waals surface area contributed by atoms with E-state index >= 15 is 0 Å². The third-order valence-electron chi connectivity index (χ3n) is 9.62. The Morgan fingerprint density at radius 1 is 0.491 bits per heavy atom. The Hall–Kier alpha value is -7.37. The quantitative estimate of drug-likeness (QED) is 0.110. The summed E-state index contributed by atoms with van der Waals surface area (Å²) in [6.07, 6.45) is 3.72. The summed E-state index contributed by atoms with van der Waals surface area (Å²) in [4.78, 5) is 17.3. The number of aliphatic imine (C=N–C) groups is 2. The van der Waals surface area contributed by atoms with Crippen LogP contribution < -0.4 is 0 Å². The molecule has 0 amide bonds. The number of hydrogen-bond donors (Lipinski definition) is 1. The lowest BCUT2D eigenvalue weighted by atomic mass is 9.94.